The highest BCUT2D eigenvalue weighted by Gasteiger charge is 2.21. The largest absolute Gasteiger partial charge is 0.497 e. The van der Waals surface area contributed by atoms with E-state index in [0.717, 1.165) is 43.8 Å². The minimum atomic E-state index is -0.400. The van der Waals surface area contributed by atoms with E-state index in [1.807, 2.05) is 12.1 Å². The van der Waals surface area contributed by atoms with Crippen LogP contribution in [0.4, 0.5) is 0 Å². The zero-order valence-electron chi connectivity index (χ0n) is 14.4. The van der Waals surface area contributed by atoms with E-state index in [-0.39, 0.29) is 0 Å². The Bertz CT molecular complexity index is 642. The number of rotatable bonds is 6. The molecular formula is C21H27NO2. The van der Waals surface area contributed by atoms with Gasteiger partial charge in [-0.05, 0) is 61.1 Å². The van der Waals surface area contributed by atoms with Crippen molar-refractivity contribution in [1.29, 1.82) is 0 Å². The van der Waals surface area contributed by atoms with Gasteiger partial charge in [0.15, 0.2) is 0 Å². The number of ether oxygens (including phenoxy) is 1. The summed E-state index contributed by atoms with van der Waals surface area (Å²) >= 11 is 0. The van der Waals surface area contributed by atoms with Gasteiger partial charge >= 0.3 is 0 Å². The molecular weight excluding hydrogens is 297 g/mol. The first-order valence-corrected chi connectivity index (χ1v) is 8.87. The van der Waals surface area contributed by atoms with Crippen LogP contribution in [0.5, 0.6) is 5.75 Å². The van der Waals surface area contributed by atoms with E-state index in [1.165, 1.54) is 24.0 Å². The molecule has 0 bridgehead atoms. The molecule has 3 nitrogen and oxygen atoms in total. The van der Waals surface area contributed by atoms with Crippen molar-refractivity contribution < 1.29 is 9.84 Å². The summed E-state index contributed by atoms with van der Waals surface area (Å²) in [5.41, 5.74) is 3.68. The number of fused-ring (bicyclic) bond motifs is 1. The predicted molar refractivity (Wildman–Crippen MR) is 97.5 cm³/mol. The van der Waals surface area contributed by atoms with Gasteiger partial charge in [0.2, 0.25) is 0 Å². The van der Waals surface area contributed by atoms with E-state index >= 15 is 0 Å². The fourth-order valence-electron chi connectivity index (χ4n) is 3.48. The Morgan fingerprint density at radius 1 is 1.12 bits per heavy atom. The zero-order valence-corrected chi connectivity index (χ0v) is 14.4. The Balaban J connectivity index is 1.50. The summed E-state index contributed by atoms with van der Waals surface area (Å²) < 4.78 is 5.31. The molecule has 3 heteroatoms. The molecule has 1 atom stereocenters. The highest BCUT2D eigenvalue weighted by molar-refractivity contribution is 5.38. The molecule has 0 saturated carbocycles. The van der Waals surface area contributed by atoms with Crippen molar-refractivity contribution in [2.24, 2.45) is 0 Å². The quantitative estimate of drug-likeness (QED) is 0.824. The monoisotopic (exact) mass is 324 g/mol. The fourth-order valence-corrected chi connectivity index (χ4v) is 3.48. The molecule has 1 aliphatic rings. The zero-order chi connectivity index (χ0) is 16.8. The van der Waals surface area contributed by atoms with Crippen molar-refractivity contribution in [3.8, 4) is 5.75 Å². The number of methoxy groups -OCH3 is 1. The molecule has 0 amide bonds. The Morgan fingerprint density at radius 3 is 2.75 bits per heavy atom. The van der Waals surface area contributed by atoms with Gasteiger partial charge in [-0.15, -0.1) is 0 Å². The molecule has 2 aromatic rings. The molecule has 0 fully saturated rings. The van der Waals surface area contributed by atoms with Gasteiger partial charge in [-0.1, -0.05) is 36.4 Å². The molecule has 2 aromatic carbocycles. The minimum Gasteiger partial charge on any atom is -0.497 e. The lowest BCUT2D eigenvalue weighted by atomic mass is 10.0. The molecule has 0 aliphatic carbocycles. The predicted octanol–water partition coefficient (Wildman–Crippen LogP) is 3.61. The lowest BCUT2D eigenvalue weighted by Crippen LogP contribution is -2.29. The number of β-amino-alcohol motifs (C(OH)–C–C–N with tert-alkyl or cyclic N) is 1. The Hall–Kier alpha value is -1.84. The lowest BCUT2D eigenvalue weighted by molar-refractivity contribution is 0.119. The van der Waals surface area contributed by atoms with Crippen LogP contribution in [0.25, 0.3) is 0 Å². The maximum Gasteiger partial charge on any atom is 0.119 e. The van der Waals surface area contributed by atoms with Gasteiger partial charge in [-0.3, -0.25) is 0 Å². The van der Waals surface area contributed by atoms with Crippen LogP contribution in [0, 0.1) is 0 Å². The second-order valence-corrected chi connectivity index (χ2v) is 6.57. The first-order valence-electron chi connectivity index (χ1n) is 8.87. The Morgan fingerprint density at radius 2 is 1.96 bits per heavy atom. The topological polar surface area (TPSA) is 32.7 Å². The van der Waals surface area contributed by atoms with Crippen molar-refractivity contribution in [3.63, 3.8) is 0 Å². The summed E-state index contributed by atoms with van der Waals surface area (Å²) in [6, 6.07) is 16.7. The number of benzene rings is 2. The summed E-state index contributed by atoms with van der Waals surface area (Å²) in [5.74, 6) is 0.872. The maximum atomic E-state index is 10.5. The Labute approximate surface area is 144 Å². The summed E-state index contributed by atoms with van der Waals surface area (Å²) in [7, 11) is 1.69. The van der Waals surface area contributed by atoms with Crippen molar-refractivity contribution in [2.45, 2.75) is 31.8 Å². The Kier molecular flexibility index (Phi) is 5.89. The number of nitrogens with zero attached hydrogens (tertiary/aromatic N) is 1. The molecule has 128 valence electrons. The maximum absolute atomic E-state index is 10.5. The standard InChI is InChI=1S/C21H27NO2/c1-24-19-10-11-20-18(15-19)12-14-22(16-21(20)23)13-6-5-9-17-7-3-2-4-8-17/h2-4,7-8,10-11,15,21,23H,5-6,9,12-14,16H2,1H3/i1-1. The van der Waals surface area contributed by atoms with E-state index in [2.05, 4.69) is 41.3 Å². The fraction of sp³-hybridized carbons (Fsp3) is 0.429. The molecule has 3 rings (SSSR count). The van der Waals surface area contributed by atoms with E-state index in [0.29, 0.717) is 0 Å². The third-order valence-corrected chi connectivity index (χ3v) is 4.87. The number of aliphatic hydroxyl groups excluding tert-OH is 1. The lowest BCUT2D eigenvalue weighted by Gasteiger charge is -2.22. The van der Waals surface area contributed by atoms with Crippen molar-refractivity contribution >= 4 is 0 Å². The highest BCUT2D eigenvalue weighted by atomic mass is 16.4. The second-order valence-electron chi connectivity index (χ2n) is 6.57. The molecule has 1 heterocycles. The van der Waals surface area contributed by atoms with Crippen molar-refractivity contribution in [2.75, 3.05) is 26.7 Å². The summed E-state index contributed by atoms with van der Waals surface area (Å²) in [6.45, 7) is 2.78. The highest BCUT2D eigenvalue weighted by Crippen LogP contribution is 2.27. The molecule has 1 unspecified atom stereocenters. The number of aryl methyl sites for hydroxylation is 1. The van der Waals surface area contributed by atoms with Crippen LogP contribution in [-0.2, 0) is 12.8 Å². The molecule has 1 aliphatic heterocycles. The van der Waals surface area contributed by atoms with Crippen LogP contribution in [0.2, 0.25) is 0 Å². The molecule has 1 N–H and O–H groups in total. The van der Waals surface area contributed by atoms with Crippen molar-refractivity contribution in [1.82, 2.24) is 4.90 Å². The number of hydrogen-bond acceptors (Lipinski definition) is 3. The van der Waals surface area contributed by atoms with Crippen LogP contribution < -0.4 is 4.74 Å². The van der Waals surface area contributed by atoms with Crippen LogP contribution in [0.15, 0.2) is 48.5 Å². The molecule has 0 saturated heterocycles. The molecule has 0 spiro atoms. The van der Waals surface area contributed by atoms with Gasteiger partial charge in [0.1, 0.15) is 5.75 Å². The smallest absolute Gasteiger partial charge is 0.119 e. The number of unbranched alkanes of at least 4 members (excludes halogenated alkanes) is 1. The van der Waals surface area contributed by atoms with E-state index in [9.17, 15) is 5.11 Å². The average Bonchev–Trinajstić information content (AvgIpc) is 2.78. The van der Waals surface area contributed by atoms with Gasteiger partial charge in [0, 0.05) is 13.1 Å². The van der Waals surface area contributed by atoms with Gasteiger partial charge in [-0.2, -0.15) is 0 Å². The van der Waals surface area contributed by atoms with Crippen LogP contribution >= 0.6 is 0 Å². The number of aliphatic hydroxyl groups is 1. The molecule has 0 radical (unpaired) electrons. The molecule has 0 aromatic heterocycles. The van der Waals surface area contributed by atoms with Gasteiger partial charge in [0.25, 0.3) is 0 Å². The van der Waals surface area contributed by atoms with Crippen LogP contribution in [0.1, 0.15) is 35.6 Å². The van der Waals surface area contributed by atoms with E-state index < -0.39 is 6.10 Å². The molecule has 24 heavy (non-hydrogen) atoms. The van der Waals surface area contributed by atoms with Crippen LogP contribution in [0.3, 0.4) is 0 Å². The minimum absolute atomic E-state index is 0.400. The summed E-state index contributed by atoms with van der Waals surface area (Å²) in [4.78, 5) is 2.39. The SMILES string of the molecule is [11CH3]Oc1ccc2c(c1)CCN(CCCCc1ccccc1)CC2O. The third-order valence-electron chi connectivity index (χ3n) is 4.87. The van der Waals surface area contributed by atoms with Gasteiger partial charge in [0.05, 0.1) is 13.2 Å². The summed E-state index contributed by atoms with van der Waals surface area (Å²) in [6.07, 6.45) is 4.07. The van der Waals surface area contributed by atoms with Gasteiger partial charge in [-0.25, -0.2) is 0 Å². The van der Waals surface area contributed by atoms with Crippen molar-refractivity contribution in [3.05, 3.63) is 65.2 Å². The van der Waals surface area contributed by atoms with Gasteiger partial charge < -0.3 is 14.7 Å². The number of hydrogen-bond donors (Lipinski definition) is 1. The first-order chi connectivity index (χ1) is 11.8. The summed E-state index contributed by atoms with van der Waals surface area (Å²) in [5, 5.41) is 10.5. The third kappa shape index (κ3) is 4.37. The first kappa shape index (κ1) is 17.0. The van der Waals surface area contributed by atoms with Crippen LogP contribution in [-0.4, -0.2) is 36.8 Å². The van der Waals surface area contributed by atoms with E-state index in [4.69, 9.17) is 4.74 Å². The average molecular weight is 324 g/mol. The second kappa shape index (κ2) is 8.32. The van der Waals surface area contributed by atoms with E-state index in [1.54, 1.807) is 7.11 Å². The normalized spacial score (nSPS) is 18.0.